The van der Waals surface area contributed by atoms with Gasteiger partial charge in [-0.1, -0.05) is 170 Å². The summed E-state index contributed by atoms with van der Waals surface area (Å²) < 4.78 is 12.5. The molecule has 0 fully saturated rings. The van der Waals surface area contributed by atoms with E-state index < -0.39 is 0 Å². The first-order chi connectivity index (χ1) is 27.4. The maximum Gasteiger partial charge on any atom is 0.124 e. The SMILES string of the molecule is CCCCCCCCN(CCCCCCCC)c1cc(OC)c2c(c1)C(C)(C)c1cc(N(CCCCCCCC)CCCCCCCC)cc(OC)c1C2.CO. The first-order valence-electron chi connectivity index (χ1n) is 23.7. The Morgan fingerprint density at radius 3 is 0.982 bits per heavy atom. The van der Waals surface area contributed by atoms with Gasteiger partial charge in [0.25, 0.3) is 0 Å². The van der Waals surface area contributed by atoms with Crippen molar-refractivity contribution in [2.45, 2.75) is 207 Å². The van der Waals surface area contributed by atoms with Crippen LogP contribution in [0.15, 0.2) is 24.3 Å². The van der Waals surface area contributed by atoms with Crippen molar-refractivity contribution in [3.63, 3.8) is 0 Å². The minimum atomic E-state index is -0.173. The molecule has 0 bridgehead atoms. The summed E-state index contributed by atoms with van der Waals surface area (Å²) in [5, 5.41) is 7.00. The number of aliphatic hydroxyl groups excluding tert-OH is 1. The molecule has 0 unspecified atom stereocenters. The molecule has 0 radical (unpaired) electrons. The van der Waals surface area contributed by atoms with E-state index >= 15 is 0 Å². The molecule has 1 aliphatic carbocycles. The van der Waals surface area contributed by atoms with Crippen molar-refractivity contribution in [1.29, 1.82) is 0 Å². The molecule has 2 aromatic carbocycles. The van der Waals surface area contributed by atoms with Gasteiger partial charge in [-0.05, 0) is 48.9 Å². The van der Waals surface area contributed by atoms with Crippen LogP contribution in [0.25, 0.3) is 0 Å². The van der Waals surface area contributed by atoms with Crippen molar-refractivity contribution >= 4 is 11.4 Å². The molecular formula is C51H90N2O3. The number of unbranched alkanes of at least 4 members (excludes halogenated alkanes) is 20. The van der Waals surface area contributed by atoms with Gasteiger partial charge in [-0.25, -0.2) is 0 Å². The van der Waals surface area contributed by atoms with Crippen molar-refractivity contribution in [3.05, 3.63) is 46.5 Å². The minimum Gasteiger partial charge on any atom is -0.496 e. The van der Waals surface area contributed by atoms with Crippen molar-refractivity contribution < 1.29 is 14.6 Å². The molecule has 0 aromatic heterocycles. The minimum absolute atomic E-state index is 0.173. The van der Waals surface area contributed by atoms with Crippen LogP contribution in [0.1, 0.15) is 218 Å². The van der Waals surface area contributed by atoms with Crippen LogP contribution in [0, 0.1) is 0 Å². The third-order valence-corrected chi connectivity index (χ3v) is 12.4. The predicted molar refractivity (Wildman–Crippen MR) is 247 cm³/mol. The first-order valence-corrected chi connectivity index (χ1v) is 23.7. The maximum absolute atomic E-state index is 7.00. The lowest BCUT2D eigenvalue weighted by Crippen LogP contribution is -2.31. The summed E-state index contributed by atoms with van der Waals surface area (Å²) >= 11 is 0. The van der Waals surface area contributed by atoms with Crippen LogP contribution in [0.2, 0.25) is 0 Å². The number of hydrogen-bond acceptors (Lipinski definition) is 5. The molecule has 5 heteroatoms. The van der Waals surface area contributed by atoms with E-state index in [4.69, 9.17) is 14.6 Å². The molecule has 1 aliphatic rings. The fourth-order valence-electron chi connectivity index (χ4n) is 8.86. The first kappa shape index (κ1) is 49.7. The van der Waals surface area contributed by atoms with Crippen LogP contribution in [-0.2, 0) is 11.8 Å². The van der Waals surface area contributed by atoms with Gasteiger partial charge in [-0.3, -0.25) is 0 Å². The van der Waals surface area contributed by atoms with Crippen molar-refractivity contribution in [3.8, 4) is 11.5 Å². The Balaban J connectivity index is 0.00000532. The van der Waals surface area contributed by atoms with Crippen LogP contribution in [0.3, 0.4) is 0 Å². The fraction of sp³-hybridized carbons (Fsp3) is 0.765. The standard InChI is InChI=1S/C50H86N2O2.CH4O/c1-9-13-17-21-25-29-33-51(34-30-26-22-18-14-10-2)42-37-46-44(48(39-42)53-7)41-45-47(50(46,5)6)38-43(40-49(45)54-8)52(35-31-27-23-19-15-11-3)36-32-28-24-20-16-12-4;1-2/h37-40H,9-36,41H2,1-8H3;2H,1H3. The molecule has 56 heavy (non-hydrogen) atoms. The van der Waals surface area contributed by atoms with Crippen LogP contribution >= 0.6 is 0 Å². The van der Waals surface area contributed by atoms with Crippen LogP contribution < -0.4 is 19.3 Å². The number of hydrogen-bond donors (Lipinski definition) is 1. The van der Waals surface area contributed by atoms with Gasteiger partial charge in [0, 0.05) is 79.8 Å². The van der Waals surface area contributed by atoms with E-state index in [9.17, 15) is 0 Å². The monoisotopic (exact) mass is 779 g/mol. The number of aliphatic hydroxyl groups is 1. The lowest BCUT2D eigenvalue weighted by molar-refractivity contribution is 0.398. The van der Waals surface area contributed by atoms with E-state index in [-0.39, 0.29) is 5.41 Å². The molecule has 3 rings (SSSR count). The highest BCUT2D eigenvalue weighted by atomic mass is 16.5. The number of anilines is 2. The molecule has 0 aliphatic heterocycles. The molecule has 0 atom stereocenters. The highest BCUT2D eigenvalue weighted by Gasteiger charge is 2.37. The third-order valence-electron chi connectivity index (χ3n) is 12.4. The molecule has 0 saturated heterocycles. The lowest BCUT2D eigenvalue weighted by Gasteiger charge is -2.39. The van der Waals surface area contributed by atoms with E-state index in [1.165, 1.54) is 188 Å². The van der Waals surface area contributed by atoms with Crippen molar-refractivity contribution in [1.82, 2.24) is 0 Å². The van der Waals surface area contributed by atoms with Gasteiger partial charge in [0.2, 0.25) is 0 Å². The Hall–Kier alpha value is -2.40. The van der Waals surface area contributed by atoms with Gasteiger partial charge in [0.05, 0.1) is 14.2 Å². The number of ether oxygens (including phenoxy) is 2. The van der Waals surface area contributed by atoms with Crippen molar-refractivity contribution in [2.75, 3.05) is 57.3 Å². The summed E-state index contributed by atoms with van der Waals surface area (Å²) in [6.45, 7) is 18.7. The summed E-state index contributed by atoms with van der Waals surface area (Å²) in [6.07, 6.45) is 32.8. The second kappa shape index (κ2) is 29.8. The van der Waals surface area contributed by atoms with Crippen LogP contribution in [-0.4, -0.2) is 52.6 Å². The normalized spacial score (nSPS) is 12.8. The number of fused-ring (bicyclic) bond motifs is 2. The quantitative estimate of drug-likeness (QED) is 0.0750. The summed E-state index contributed by atoms with van der Waals surface area (Å²) in [7, 11) is 4.74. The van der Waals surface area contributed by atoms with E-state index in [1.807, 2.05) is 14.2 Å². The largest absolute Gasteiger partial charge is 0.496 e. The van der Waals surface area contributed by atoms with Crippen molar-refractivity contribution in [2.24, 2.45) is 0 Å². The summed E-state index contributed by atoms with van der Waals surface area (Å²) in [5.74, 6) is 2.08. The Morgan fingerprint density at radius 1 is 0.446 bits per heavy atom. The summed E-state index contributed by atoms with van der Waals surface area (Å²) in [4.78, 5) is 5.40. The van der Waals surface area contributed by atoms with Gasteiger partial charge in [0.15, 0.2) is 0 Å². The second-order valence-corrected chi connectivity index (χ2v) is 17.2. The topological polar surface area (TPSA) is 45.2 Å². The molecule has 0 saturated carbocycles. The smallest absolute Gasteiger partial charge is 0.124 e. The highest BCUT2D eigenvalue weighted by molar-refractivity contribution is 5.69. The van der Waals surface area contributed by atoms with Crippen LogP contribution in [0.5, 0.6) is 11.5 Å². The van der Waals surface area contributed by atoms with Gasteiger partial charge in [-0.2, -0.15) is 0 Å². The Labute approximate surface area is 347 Å². The number of benzene rings is 2. The molecule has 0 amide bonds. The maximum atomic E-state index is 7.00. The highest BCUT2D eigenvalue weighted by Crippen LogP contribution is 2.50. The van der Waals surface area contributed by atoms with Gasteiger partial charge in [-0.15, -0.1) is 0 Å². The Morgan fingerprint density at radius 2 is 0.714 bits per heavy atom. The Kier molecular flexibility index (Phi) is 26.4. The van der Waals surface area contributed by atoms with E-state index in [0.717, 1.165) is 51.2 Å². The Bertz CT molecular complexity index is 1160. The summed E-state index contributed by atoms with van der Waals surface area (Å²) in [5.41, 5.74) is 8.05. The van der Waals surface area contributed by atoms with E-state index in [1.54, 1.807) is 0 Å². The average molecular weight is 779 g/mol. The predicted octanol–water partition coefficient (Wildman–Crippen LogP) is 14.6. The van der Waals surface area contributed by atoms with Gasteiger partial charge >= 0.3 is 0 Å². The third kappa shape index (κ3) is 16.5. The number of methoxy groups -OCH3 is 2. The average Bonchev–Trinajstić information content (AvgIpc) is 3.21. The molecule has 322 valence electrons. The second-order valence-electron chi connectivity index (χ2n) is 17.2. The number of nitrogens with zero attached hydrogens (tertiary/aromatic N) is 2. The number of rotatable bonds is 32. The lowest BCUT2D eigenvalue weighted by atomic mass is 9.68. The van der Waals surface area contributed by atoms with E-state index in [2.05, 4.69) is 75.6 Å². The molecule has 1 N–H and O–H groups in total. The fourth-order valence-corrected chi connectivity index (χ4v) is 8.86. The molecule has 5 nitrogen and oxygen atoms in total. The molecular weight excluding hydrogens is 689 g/mol. The van der Waals surface area contributed by atoms with Crippen LogP contribution in [0.4, 0.5) is 11.4 Å². The van der Waals surface area contributed by atoms with Gasteiger partial charge in [0.1, 0.15) is 11.5 Å². The zero-order chi connectivity index (χ0) is 41.0. The van der Waals surface area contributed by atoms with E-state index in [0.29, 0.717) is 0 Å². The summed E-state index contributed by atoms with van der Waals surface area (Å²) in [6, 6.07) is 9.83. The zero-order valence-electron chi connectivity index (χ0n) is 38.5. The zero-order valence-corrected chi connectivity index (χ0v) is 38.5. The van der Waals surface area contributed by atoms with Gasteiger partial charge < -0.3 is 24.4 Å². The molecule has 2 aromatic rings. The molecule has 0 heterocycles. The molecule has 0 spiro atoms.